The van der Waals surface area contributed by atoms with Crippen LogP contribution in [0.5, 0.6) is 0 Å². The predicted octanol–water partition coefficient (Wildman–Crippen LogP) is 4.99. The largest absolute Gasteiger partial charge is 0.507 e. The number of aliphatic hydroxyl groups is 1. The summed E-state index contributed by atoms with van der Waals surface area (Å²) in [4.78, 5) is 28.2. The van der Waals surface area contributed by atoms with E-state index in [9.17, 15) is 19.1 Å². The molecule has 2 fully saturated rings. The molecule has 2 aromatic carbocycles. The minimum Gasteiger partial charge on any atom is -0.507 e. The molecule has 1 saturated carbocycles. The average Bonchev–Trinajstić information content (AvgIpc) is 3.48. The second kappa shape index (κ2) is 7.62. The molecule has 2 heterocycles. The number of benzene rings is 2. The van der Waals surface area contributed by atoms with Gasteiger partial charge in [-0.2, -0.15) is 0 Å². The molecule has 1 aliphatic heterocycles. The van der Waals surface area contributed by atoms with Gasteiger partial charge in [0.05, 0.1) is 11.6 Å². The van der Waals surface area contributed by atoms with Crippen molar-refractivity contribution in [3.63, 3.8) is 0 Å². The quantitative estimate of drug-likeness (QED) is 0.360. The topological polar surface area (TPSA) is 62.5 Å². The summed E-state index contributed by atoms with van der Waals surface area (Å²) >= 11 is 0. The van der Waals surface area contributed by atoms with Gasteiger partial charge in [0.25, 0.3) is 11.7 Å². The minimum absolute atomic E-state index is 0.0457. The van der Waals surface area contributed by atoms with Crippen molar-refractivity contribution < 1.29 is 19.1 Å². The molecule has 1 N–H and O–H groups in total. The Bertz CT molecular complexity index is 1280. The Labute approximate surface area is 185 Å². The third-order valence-corrected chi connectivity index (χ3v) is 6.85. The van der Waals surface area contributed by atoms with Gasteiger partial charge in [0.1, 0.15) is 11.6 Å². The fourth-order valence-corrected chi connectivity index (χ4v) is 5.25. The zero-order valence-electron chi connectivity index (χ0n) is 18.1. The van der Waals surface area contributed by atoms with E-state index in [0.717, 1.165) is 42.1 Å². The fourth-order valence-electron chi connectivity index (χ4n) is 5.25. The van der Waals surface area contributed by atoms with Gasteiger partial charge in [0.15, 0.2) is 0 Å². The zero-order valence-corrected chi connectivity index (χ0v) is 18.1. The molecule has 32 heavy (non-hydrogen) atoms. The standard InChI is InChI=1S/C26H25FN2O3/c1-15-13-16(11-12-20(15)27)24(30)22-23(19-14-28(2)21-10-6-5-9-18(19)21)29(26(32)25(22)31)17-7-3-4-8-17/h5-6,9-14,17,23,30H,3-4,7-8H2,1-2H3/b24-22+. The molecule has 1 aliphatic carbocycles. The van der Waals surface area contributed by atoms with E-state index in [1.165, 1.54) is 18.2 Å². The Hall–Kier alpha value is -3.41. The number of hydrogen-bond donors (Lipinski definition) is 1. The lowest BCUT2D eigenvalue weighted by molar-refractivity contribution is -0.141. The second-order valence-corrected chi connectivity index (χ2v) is 8.82. The zero-order chi connectivity index (χ0) is 22.6. The number of carbonyl (C=O) groups excluding carboxylic acids is 2. The number of ketones is 1. The van der Waals surface area contributed by atoms with Crippen LogP contribution in [0.15, 0.2) is 54.2 Å². The van der Waals surface area contributed by atoms with Crippen molar-refractivity contribution in [3.05, 3.63) is 76.7 Å². The first-order valence-electron chi connectivity index (χ1n) is 11.0. The molecule has 0 spiro atoms. The summed E-state index contributed by atoms with van der Waals surface area (Å²) in [5.74, 6) is -1.91. The third-order valence-electron chi connectivity index (χ3n) is 6.85. The van der Waals surface area contributed by atoms with Crippen molar-refractivity contribution in [2.45, 2.75) is 44.7 Å². The van der Waals surface area contributed by atoms with Gasteiger partial charge < -0.3 is 14.6 Å². The van der Waals surface area contributed by atoms with Gasteiger partial charge in [-0.05, 0) is 49.6 Å². The summed E-state index contributed by atoms with van der Waals surface area (Å²) in [6.07, 6.45) is 5.63. The summed E-state index contributed by atoms with van der Waals surface area (Å²) in [7, 11) is 1.93. The minimum atomic E-state index is -0.686. The number of carbonyl (C=O) groups is 2. The Morgan fingerprint density at radius 1 is 1.09 bits per heavy atom. The molecule has 164 valence electrons. The highest BCUT2D eigenvalue weighted by atomic mass is 19.1. The number of aliphatic hydroxyl groups excluding tert-OH is 1. The highest BCUT2D eigenvalue weighted by molar-refractivity contribution is 6.46. The lowest BCUT2D eigenvalue weighted by Crippen LogP contribution is -2.37. The molecule has 6 heteroatoms. The number of likely N-dealkylation sites (tertiary alicyclic amines) is 1. The summed E-state index contributed by atoms with van der Waals surface area (Å²) in [5, 5.41) is 12.2. The van der Waals surface area contributed by atoms with Crippen molar-refractivity contribution in [1.82, 2.24) is 9.47 Å². The van der Waals surface area contributed by atoms with Crippen LogP contribution in [0, 0.1) is 12.7 Å². The summed E-state index contributed by atoms with van der Waals surface area (Å²) < 4.78 is 15.8. The average molecular weight is 432 g/mol. The van der Waals surface area contributed by atoms with Crippen LogP contribution in [-0.2, 0) is 16.6 Å². The number of para-hydroxylation sites is 1. The summed E-state index contributed by atoms with van der Waals surface area (Å²) in [6, 6.07) is 11.3. The highest BCUT2D eigenvalue weighted by Gasteiger charge is 2.50. The third kappa shape index (κ3) is 3.05. The summed E-state index contributed by atoms with van der Waals surface area (Å²) in [6.45, 7) is 1.60. The number of aromatic nitrogens is 1. The Kier molecular flexibility index (Phi) is 4.88. The van der Waals surface area contributed by atoms with Crippen LogP contribution in [0.4, 0.5) is 4.39 Å². The molecule has 5 rings (SSSR count). The first-order valence-corrected chi connectivity index (χ1v) is 11.0. The van der Waals surface area contributed by atoms with Crippen molar-refractivity contribution >= 4 is 28.4 Å². The molecule has 0 bridgehead atoms. The predicted molar refractivity (Wildman–Crippen MR) is 120 cm³/mol. The molecule has 1 unspecified atom stereocenters. The Balaban J connectivity index is 1.76. The molecular formula is C26H25FN2O3. The van der Waals surface area contributed by atoms with Gasteiger partial charge in [-0.1, -0.05) is 31.0 Å². The van der Waals surface area contributed by atoms with Crippen molar-refractivity contribution in [3.8, 4) is 0 Å². The maximum Gasteiger partial charge on any atom is 0.295 e. The van der Waals surface area contributed by atoms with E-state index in [-0.39, 0.29) is 17.4 Å². The van der Waals surface area contributed by atoms with Crippen LogP contribution in [0.2, 0.25) is 0 Å². The smallest absolute Gasteiger partial charge is 0.295 e. The number of amides is 1. The maximum atomic E-state index is 13.8. The van der Waals surface area contributed by atoms with E-state index >= 15 is 0 Å². The number of aryl methyl sites for hydroxylation is 2. The van der Waals surface area contributed by atoms with Crippen molar-refractivity contribution in [2.75, 3.05) is 0 Å². The van der Waals surface area contributed by atoms with Crippen molar-refractivity contribution in [1.29, 1.82) is 0 Å². The number of halogens is 1. The van der Waals surface area contributed by atoms with Crippen LogP contribution < -0.4 is 0 Å². The first kappa shape index (κ1) is 20.5. The van der Waals surface area contributed by atoms with Crippen LogP contribution in [0.25, 0.3) is 16.7 Å². The van der Waals surface area contributed by atoms with Crippen molar-refractivity contribution in [2.24, 2.45) is 7.05 Å². The maximum absolute atomic E-state index is 13.8. The lowest BCUT2D eigenvalue weighted by Gasteiger charge is -2.30. The van der Waals surface area contributed by atoms with E-state index in [1.54, 1.807) is 11.8 Å². The van der Waals surface area contributed by atoms with E-state index in [4.69, 9.17) is 0 Å². The molecule has 1 saturated heterocycles. The van der Waals surface area contributed by atoms with Gasteiger partial charge in [0.2, 0.25) is 0 Å². The van der Waals surface area contributed by atoms with Gasteiger partial charge in [-0.15, -0.1) is 0 Å². The monoisotopic (exact) mass is 432 g/mol. The van der Waals surface area contributed by atoms with Crippen LogP contribution in [0.1, 0.15) is 48.4 Å². The number of nitrogens with zero attached hydrogens (tertiary/aromatic N) is 2. The number of fused-ring (bicyclic) bond motifs is 1. The van der Waals surface area contributed by atoms with E-state index in [1.807, 2.05) is 42.1 Å². The van der Waals surface area contributed by atoms with E-state index in [2.05, 4.69) is 0 Å². The van der Waals surface area contributed by atoms with E-state index in [0.29, 0.717) is 11.1 Å². The SMILES string of the molecule is Cc1cc(/C(O)=C2\C(=O)C(=O)N(C3CCCC3)C2c2cn(C)c3ccccc23)ccc1F. The molecule has 5 nitrogen and oxygen atoms in total. The second-order valence-electron chi connectivity index (χ2n) is 8.82. The Morgan fingerprint density at radius 2 is 1.81 bits per heavy atom. The molecule has 2 aliphatic rings. The number of Topliss-reactive ketones (excluding diaryl/α,β-unsaturated/α-hetero) is 1. The van der Waals surface area contributed by atoms with Crippen LogP contribution in [0.3, 0.4) is 0 Å². The van der Waals surface area contributed by atoms with Gasteiger partial charge >= 0.3 is 0 Å². The van der Waals surface area contributed by atoms with Gasteiger partial charge in [-0.25, -0.2) is 4.39 Å². The highest BCUT2D eigenvalue weighted by Crippen LogP contribution is 2.45. The molecule has 3 aromatic rings. The molecule has 0 radical (unpaired) electrons. The molecule has 1 atom stereocenters. The molecular weight excluding hydrogens is 407 g/mol. The van der Waals surface area contributed by atoms with E-state index < -0.39 is 23.5 Å². The fraction of sp³-hybridized carbons (Fsp3) is 0.308. The lowest BCUT2D eigenvalue weighted by atomic mass is 9.94. The van der Waals surface area contributed by atoms with Crippen LogP contribution in [-0.4, -0.2) is 32.3 Å². The summed E-state index contributed by atoms with van der Waals surface area (Å²) in [5.41, 5.74) is 2.57. The number of rotatable bonds is 3. The van der Waals surface area contributed by atoms with Crippen LogP contribution >= 0.6 is 0 Å². The molecule has 1 aromatic heterocycles. The van der Waals surface area contributed by atoms with Gasteiger partial charge in [-0.3, -0.25) is 9.59 Å². The van der Waals surface area contributed by atoms with Gasteiger partial charge in [0, 0.05) is 41.3 Å². The number of hydrogen-bond acceptors (Lipinski definition) is 3. The normalized spacial score (nSPS) is 21.2. The first-order chi connectivity index (χ1) is 15.4. The molecule has 1 amide bonds. The Morgan fingerprint density at radius 3 is 2.53 bits per heavy atom.